The predicted octanol–water partition coefficient (Wildman–Crippen LogP) is 8.65. The van der Waals surface area contributed by atoms with Crippen molar-refractivity contribution >= 4 is 22.4 Å². The number of fused-ring (bicyclic) bond motifs is 1. The predicted molar refractivity (Wildman–Crippen MR) is 142 cm³/mol. The number of unbranched alkanes of at least 4 members (excludes halogenated alkanes) is 2. The van der Waals surface area contributed by atoms with Gasteiger partial charge in [0.25, 0.3) is 0 Å². The third kappa shape index (κ3) is 5.41. The topological polar surface area (TPSA) is 20.3 Å². The lowest BCUT2D eigenvalue weighted by atomic mass is 9.77. The summed E-state index contributed by atoms with van der Waals surface area (Å²) in [5.74, 6) is 1.05. The van der Waals surface area contributed by atoms with Gasteiger partial charge in [0.15, 0.2) is 0 Å². The van der Waals surface area contributed by atoms with Crippen molar-refractivity contribution < 1.29 is 9.18 Å². The highest BCUT2D eigenvalue weighted by Gasteiger charge is 2.23. The van der Waals surface area contributed by atoms with E-state index in [1.54, 1.807) is 18.0 Å². The minimum absolute atomic E-state index is 0.144. The summed E-state index contributed by atoms with van der Waals surface area (Å²) in [6.45, 7) is 5.81. The first-order valence-electron chi connectivity index (χ1n) is 12.7. The van der Waals surface area contributed by atoms with Gasteiger partial charge < -0.3 is 4.90 Å². The molecule has 1 aliphatic rings. The Labute approximate surface area is 203 Å². The third-order valence-electron chi connectivity index (χ3n) is 7.55. The van der Waals surface area contributed by atoms with Gasteiger partial charge in [-0.3, -0.25) is 4.79 Å². The van der Waals surface area contributed by atoms with Gasteiger partial charge in [-0.1, -0.05) is 69.5 Å². The largest absolute Gasteiger partial charge is 0.312 e. The van der Waals surface area contributed by atoms with E-state index in [0.29, 0.717) is 11.5 Å². The third-order valence-corrected chi connectivity index (χ3v) is 7.55. The van der Waals surface area contributed by atoms with Gasteiger partial charge in [0.05, 0.1) is 0 Å². The van der Waals surface area contributed by atoms with Crippen molar-refractivity contribution in [2.45, 2.75) is 64.2 Å². The van der Waals surface area contributed by atoms with Gasteiger partial charge in [0, 0.05) is 18.3 Å². The molecule has 0 unspecified atom stereocenters. The molecule has 0 aliphatic heterocycles. The van der Waals surface area contributed by atoms with E-state index < -0.39 is 0 Å². The maximum absolute atomic E-state index is 15.2. The molecule has 3 aromatic rings. The highest BCUT2D eigenvalue weighted by atomic mass is 19.1. The Bertz CT molecular complexity index is 1160. The zero-order valence-corrected chi connectivity index (χ0v) is 20.5. The molecule has 1 fully saturated rings. The zero-order valence-electron chi connectivity index (χ0n) is 20.5. The average Bonchev–Trinajstić information content (AvgIpc) is 2.87. The van der Waals surface area contributed by atoms with Crippen molar-refractivity contribution in [3.63, 3.8) is 0 Å². The molecule has 0 saturated heterocycles. The Kier molecular flexibility index (Phi) is 7.82. The molecule has 3 heteroatoms. The van der Waals surface area contributed by atoms with E-state index in [0.717, 1.165) is 33.5 Å². The van der Waals surface area contributed by atoms with Crippen LogP contribution < -0.4 is 4.90 Å². The van der Waals surface area contributed by atoms with Crippen LogP contribution in [0.1, 0.15) is 69.8 Å². The van der Waals surface area contributed by atoms with Crippen LogP contribution in [-0.2, 0) is 4.79 Å². The maximum Gasteiger partial charge on any atom is 0.250 e. The van der Waals surface area contributed by atoms with E-state index in [1.165, 1.54) is 57.4 Å². The van der Waals surface area contributed by atoms with E-state index in [-0.39, 0.29) is 11.7 Å². The molecule has 1 amide bonds. The molecule has 0 atom stereocenters. The number of hydrogen-bond acceptors (Lipinski definition) is 1. The quantitative estimate of drug-likeness (QED) is 0.245. The summed E-state index contributed by atoms with van der Waals surface area (Å²) in [7, 11) is 1.73. The van der Waals surface area contributed by atoms with E-state index in [4.69, 9.17) is 0 Å². The van der Waals surface area contributed by atoms with Crippen molar-refractivity contribution in [1.82, 2.24) is 0 Å². The van der Waals surface area contributed by atoms with E-state index in [9.17, 15) is 4.79 Å². The number of halogens is 1. The molecule has 1 aliphatic carbocycles. The van der Waals surface area contributed by atoms with Crippen LogP contribution in [0.25, 0.3) is 21.9 Å². The van der Waals surface area contributed by atoms with Crippen molar-refractivity contribution in [2.75, 3.05) is 11.9 Å². The molecule has 0 N–H and O–H groups in total. The molecule has 0 aromatic heterocycles. The van der Waals surface area contributed by atoms with Crippen molar-refractivity contribution in [2.24, 2.45) is 5.92 Å². The van der Waals surface area contributed by atoms with Crippen LogP contribution in [0.3, 0.4) is 0 Å². The molecule has 1 saturated carbocycles. The lowest BCUT2D eigenvalue weighted by Gasteiger charge is -2.29. The molecule has 34 heavy (non-hydrogen) atoms. The normalized spacial score (nSPS) is 18.1. The fourth-order valence-corrected chi connectivity index (χ4v) is 5.36. The maximum atomic E-state index is 15.2. The minimum Gasteiger partial charge on any atom is -0.312 e. The molecule has 0 heterocycles. The Balaban J connectivity index is 1.48. The molecule has 4 rings (SSSR count). The number of amides is 1. The van der Waals surface area contributed by atoms with E-state index >= 15 is 4.39 Å². The van der Waals surface area contributed by atoms with Crippen LogP contribution in [0.5, 0.6) is 0 Å². The Morgan fingerprint density at radius 2 is 1.74 bits per heavy atom. The van der Waals surface area contributed by atoms with Crippen LogP contribution >= 0.6 is 0 Å². The first kappa shape index (κ1) is 24.2. The molecule has 0 bridgehead atoms. The molecule has 3 aromatic carbocycles. The van der Waals surface area contributed by atoms with Gasteiger partial charge >= 0.3 is 0 Å². The lowest BCUT2D eigenvalue weighted by molar-refractivity contribution is -0.113. The fraction of sp³-hybridized carbons (Fsp3) is 0.387. The Morgan fingerprint density at radius 1 is 1.00 bits per heavy atom. The summed E-state index contributed by atoms with van der Waals surface area (Å²) < 4.78 is 15.2. The fourth-order valence-electron chi connectivity index (χ4n) is 5.36. The minimum atomic E-state index is -0.150. The van der Waals surface area contributed by atoms with E-state index in [1.807, 2.05) is 42.5 Å². The number of hydrogen-bond donors (Lipinski definition) is 0. The smallest absolute Gasteiger partial charge is 0.250 e. The summed E-state index contributed by atoms with van der Waals surface area (Å²) in [4.78, 5) is 13.5. The second-order valence-electron chi connectivity index (χ2n) is 9.80. The molecule has 0 spiro atoms. The van der Waals surface area contributed by atoms with Gasteiger partial charge in [-0.05, 0) is 89.8 Å². The van der Waals surface area contributed by atoms with Gasteiger partial charge in [-0.2, -0.15) is 0 Å². The SMILES string of the molecule is C=CC(=O)N(C)c1ccc2cc(-c3ccc(C4CCC(CCCCC)CC4)cc3F)ccc2c1. The summed E-state index contributed by atoms with van der Waals surface area (Å²) >= 11 is 0. The van der Waals surface area contributed by atoms with Gasteiger partial charge in [0.2, 0.25) is 5.91 Å². The number of carbonyl (C=O) groups excluding carboxylic acids is 1. The standard InChI is InChI=1S/C31H36FNO/c1-4-6-7-8-22-9-11-23(12-10-22)26-16-18-29(30(32)21-26)27-14-13-25-20-28(17-15-24(25)19-27)33(3)31(34)5-2/h5,13-23H,2,4,6-12H2,1,3H3. The first-order valence-corrected chi connectivity index (χ1v) is 12.7. The average molecular weight is 458 g/mol. The molecule has 2 nitrogen and oxygen atoms in total. The van der Waals surface area contributed by atoms with Crippen LogP contribution in [0.4, 0.5) is 10.1 Å². The van der Waals surface area contributed by atoms with Gasteiger partial charge in [-0.15, -0.1) is 0 Å². The second kappa shape index (κ2) is 11.0. The summed E-state index contributed by atoms with van der Waals surface area (Å²) in [6, 6.07) is 17.7. The zero-order chi connectivity index (χ0) is 24.1. The lowest BCUT2D eigenvalue weighted by Crippen LogP contribution is -2.23. The van der Waals surface area contributed by atoms with Crippen LogP contribution in [0.15, 0.2) is 67.3 Å². The van der Waals surface area contributed by atoms with Crippen LogP contribution in [0.2, 0.25) is 0 Å². The number of anilines is 1. The molecule has 178 valence electrons. The molecular weight excluding hydrogens is 421 g/mol. The van der Waals surface area contributed by atoms with E-state index in [2.05, 4.69) is 19.6 Å². The first-order chi connectivity index (χ1) is 16.5. The molecule has 0 radical (unpaired) electrons. The van der Waals surface area contributed by atoms with Crippen molar-refractivity contribution in [1.29, 1.82) is 0 Å². The monoisotopic (exact) mass is 457 g/mol. The second-order valence-corrected chi connectivity index (χ2v) is 9.80. The summed E-state index contributed by atoms with van der Waals surface area (Å²) in [5, 5.41) is 2.03. The highest BCUT2D eigenvalue weighted by molar-refractivity contribution is 6.02. The van der Waals surface area contributed by atoms with Gasteiger partial charge in [-0.25, -0.2) is 4.39 Å². The summed E-state index contributed by atoms with van der Waals surface area (Å²) in [6.07, 6.45) is 11.5. The number of likely N-dealkylation sites (N-methyl/N-ethyl adjacent to an activating group) is 1. The Hall–Kier alpha value is -2.94. The highest BCUT2D eigenvalue weighted by Crippen LogP contribution is 2.39. The van der Waals surface area contributed by atoms with Crippen molar-refractivity contribution in [3.05, 3.63) is 78.6 Å². The Morgan fingerprint density at radius 3 is 2.44 bits per heavy atom. The number of nitrogens with zero attached hydrogens (tertiary/aromatic N) is 1. The number of benzene rings is 3. The number of rotatable bonds is 8. The molecular formula is C31H36FNO. The summed E-state index contributed by atoms with van der Waals surface area (Å²) in [5.41, 5.74) is 3.47. The van der Waals surface area contributed by atoms with Crippen LogP contribution in [-0.4, -0.2) is 13.0 Å². The van der Waals surface area contributed by atoms with Crippen LogP contribution in [0, 0.1) is 11.7 Å². The number of carbonyl (C=O) groups is 1. The van der Waals surface area contributed by atoms with Gasteiger partial charge in [0.1, 0.15) is 5.82 Å². The van der Waals surface area contributed by atoms with Crippen molar-refractivity contribution in [3.8, 4) is 11.1 Å².